The maximum absolute atomic E-state index is 12.0. The number of carbonyl (C=O) groups excluding carboxylic acids is 1. The van der Waals surface area contributed by atoms with Crippen molar-refractivity contribution in [1.82, 2.24) is 9.88 Å². The zero-order valence-electron chi connectivity index (χ0n) is 13.5. The first kappa shape index (κ1) is 16.1. The number of H-pyrrole nitrogens is 1. The minimum absolute atomic E-state index is 0.00404. The Hall–Kier alpha value is -2.30. The average Bonchev–Trinajstić information content (AvgIpc) is 2.48. The van der Waals surface area contributed by atoms with Crippen LogP contribution < -0.4 is 10.3 Å². The zero-order chi connectivity index (χ0) is 16.3. The molecule has 0 aliphatic heterocycles. The van der Waals surface area contributed by atoms with Gasteiger partial charge in [-0.15, -0.1) is 0 Å². The fourth-order valence-electron chi connectivity index (χ4n) is 2.58. The van der Waals surface area contributed by atoms with Gasteiger partial charge in [0.2, 0.25) is 5.56 Å². The lowest BCUT2D eigenvalue weighted by Gasteiger charge is -2.19. The first-order valence-corrected chi connectivity index (χ1v) is 7.51. The van der Waals surface area contributed by atoms with E-state index in [1.807, 2.05) is 39.8 Å². The lowest BCUT2D eigenvalue weighted by molar-refractivity contribution is -0.132. The van der Waals surface area contributed by atoms with E-state index in [1.54, 1.807) is 11.0 Å². The molecule has 0 aliphatic rings. The largest absolute Gasteiger partial charge is 0.483 e. The SMILES string of the molecule is CCN(CC)C(=O)COc1ccc2c(C)cc(=O)[nH]c2c1C. The number of hydrogen-bond acceptors (Lipinski definition) is 3. The van der Waals surface area contributed by atoms with E-state index in [1.165, 1.54) is 0 Å². The van der Waals surface area contributed by atoms with E-state index in [0.29, 0.717) is 18.8 Å². The fraction of sp³-hybridized carbons (Fsp3) is 0.412. The molecule has 118 valence electrons. The molecule has 0 saturated carbocycles. The van der Waals surface area contributed by atoms with Gasteiger partial charge in [-0.25, -0.2) is 0 Å². The number of fused-ring (bicyclic) bond motifs is 1. The number of nitrogens with one attached hydrogen (secondary N) is 1. The summed E-state index contributed by atoms with van der Waals surface area (Å²) in [4.78, 5) is 28.2. The predicted molar refractivity (Wildman–Crippen MR) is 87.5 cm³/mol. The minimum Gasteiger partial charge on any atom is -0.483 e. The topological polar surface area (TPSA) is 62.4 Å². The molecule has 0 aliphatic carbocycles. The number of pyridine rings is 1. The van der Waals surface area contributed by atoms with E-state index in [0.717, 1.165) is 22.0 Å². The third-order valence-electron chi connectivity index (χ3n) is 3.90. The highest BCUT2D eigenvalue weighted by Crippen LogP contribution is 2.26. The van der Waals surface area contributed by atoms with Gasteiger partial charge in [-0.05, 0) is 45.4 Å². The third kappa shape index (κ3) is 3.13. The van der Waals surface area contributed by atoms with Gasteiger partial charge in [-0.1, -0.05) is 0 Å². The Bertz CT molecular complexity index is 745. The molecule has 1 aromatic carbocycles. The van der Waals surface area contributed by atoms with Crippen molar-refractivity contribution in [3.63, 3.8) is 0 Å². The van der Waals surface area contributed by atoms with Crippen LogP contribution >= 0.6 is 0 Å². The monoisotopic (exact) mass is 302 g/mol. The number of aryl methyl sites for hydroxylation is 2. The van der Waals surface area contributed by atoms with Crippen molar-refractivity contribution < 1.29 is 9.53 Å². The molecule has 0 spiro atoms. The second kappa shape index (κ2) is 6.64. The first-order chi connectivity index (χ1) is 10.5. The molecule has 1 N–H and O–H groups in total. The molecule has 0 bridgehead atoms. The average molecular weight is 302 g/mol. The molecule has 2 aromatic rings. The number of benzene rings is 1. The van der Waals surface area contributed by atoms with Crippen LogP contribution in [-0.2, 0) is 4.79 Å². The standard InChI is InChI=1S/C17H22N2O3/c1-5-19(6-2)16(21)10-22-14-8-7-13-11(3)9-15(20)18-17(13)12(14)4/h7-9H,5-6,10H2,1-4H3,(H,18,20). The molecule has 0 radical (unpaired) electrons. The summed E-state index contributed by atoms with van der Waals surface area (Å²) in [5.41, 5.74) is 2.39. The Labute approximate surface area is 129 Å². The van der Waals surface area contributed by atoms with Gasteiger partial charge in [-0.2, -0.15) is 0 Å². The van der Waals surface area contributed by atoms with Crippen LogP contribution in [-0.4, -0.2) is 35.5 Å². The van der Waals surface area contributed by atoms with Gasteiger partial charge < -0.3 is 14.6 Å². The summed E-state index contributed by atoms with van der Waals surface area (Å²) in [6, 6.07) is 5.33. The number of carbonyl (C=O) groups is 1. The lowest BCUT2D eigenvalue weighted by Crippen LogP contribution is -2.34. The van der Waals surface area contributed by atoms with Gasteiger partial charge in [0, 0.05) is 30.1 Å². The minimum atomic E-state index is -0.135. The number of rotatable bonds is 5. The van der Waals surface area contributed by atoms with E-state index in [4.69, 9.17) is 4.74 Å². The Morgan fingerprint density at radius 2 is 1.91 bits per heavy atom. The van der Waals surface area contributed by atoms with Crippen LogP contribution in [0.4, 0.5) is 0 Å². The molecule has 0 fully saturated rings. The van der Waals surface area contributed by atoms with E-state index in [9.17, 15) is 9.59 Å². The Morgan fingerprint density at radius 3 is 2.55 bits per heavy atom. The van der Waals surface area contributed by atoms with Gasteiger partial charge in [0.1, 0.15) is 5.75 Å². The van der Waals surface area contributed by atoms with Crippen molar-refractivity contribution >= 4 is 16.8 Å². The Balaban J connectivity index is 2.28. The summed E-state index contributed by atoms with van der Waals surface area (Å²) in [5, 5.41) is 0.986. The zero-order valence-corrected chi connectivity index (χ0v) is 13.5. The number of likely N-dealkylation sites (N-methyl/N-ethyl adjacent to an activating group) is 1. The molecule has 0 atom stereocenters. The summed E-state index contributed by atoms with van der Waals surface area (Å²) in [7, 11) is 0. The number of aromatic nitrogens is 1. The van der Waals surface area contributed by atoms with E-state index in [2.05, 4.69) is 4.98 Å². The number of aromatic amines is 1. The summed E-state index contributed by atoms with van der Waals surface area (Å²) in [5.74, 6) is 0.580. The van der Waals surface area contributed by atoms with E-state index in [-0.39, 0.29) is 18.1 Å². The molecule has 0 unspecified atom stereocenters. The summed E-state index contributed by atoms with van der Waals surface area (Å²) >= 11 is 0. The molecule has 5 heteroatoms. The van der Waals surface area contributed by atoms with Gasteiger partial charge in [0.05, 0.1) is 5.52 Å². The van der Waals surface area contributed by atoms with Gasteiger partial charge in [0.25, 0.3) is 5.91 Å². The van der Waals surface area contributed by atoms with Crippen LogP contribution in [0.5, 0.6) is 5.75 Å². The van der Waals surface area contributed by atoms with Crippen molar-refractivity contribution in [1.29, 1.82) is 0 Å². The highest BCUT2D eigenvalue weighted by atomic mass is 16.5. The van der Waals surface area contributed by atoms with Crippen molar-refractivity contribution in [2.75, 3.05) is 19.7 Å². The second-order valence-corrected chi connectivity index (χ2v) is 5.28. The first-order valence-electron chi connectivity index (χ1n) is 7.51. The van der Waals surface area contributed by atoms with Crippen LogP contribution in [0.1, 0.15) is 25.0 Å². The highest BCUT2D eigenvalue weighted by Gasteiger charge is 2.12. The summed E-state index contributed by atoms with van der Waals surface area (Å²) in [6.45, 7) is 9.01. The van der Waals surface area contributed by atoms with Crippen LogP contribution in [0.25, 0.3) is 10.9 Å². The van der Waals surface area contributed by atoms with Gasteiger partial charge >= 0.3 is 0 Å². The molecule has 1 heterocycles. The van der Waals surface area contributed by atoms with Crippen LogP contribution in [0.2, 0.25) is 0 Å². The molecule has 22 heavy (non-hydrogen) atoms. The molecule has 0 saturated heterocycles. The molecule has 1 amide bonds. The normalized spacial score (nSPS) is 10.7. The quantitative estimate of drug-likeness (QED) is 0.922. The summed E-state index contributed by atoms with van der Waals surface area (Å²) in [6.07, 6.45) is 0. The fourth-order valence-corrected chi connectivity index (χ4v) is 2.58. The molecule has 2 rings (SSSR count). The maximum atomic E-state index is 12.0. The number of ether oxygens (including phenoxy) is 1. The Morgan fingerprint density at radius 1 is 1.23 bits per heavy atom. The number of amides is 1. The van der Waals surface area contributed by atoms with Crippen LogP contribution in [0.3, 0.4) is 0 Å². The molecule has 5 nitrogen and oxygen atoms in total. The predicted octanol–water partition coefficient (Wildman–Crippen LogP) is 2.39. The number of hydrogen-bond donors (Lipinski definition) is 1. The Kier molecular flexibility index (Phi) is 4.85. The molecular formula is C17H22N2O3. The van der Waals surface area contributed by atoms with Crippen LogP contribution in [0, 0.1) is 13.8 Å². The van der Waals surface area contributed by atoms with Crippen molar-refractivity contribution in [3.05, 3.63) is 39.7 Å². The maximum Gasteiger partial charge on any atom is 0.260 e. The van der Waals surface area contributed by atoms with Crippen LogP contribution in [0.15, 0.2) is 23.0 Å². The van der Waals surface area contributed by atoms with E-state index >= 15 is 0 Å². The third-order valence-corrected chi connectivity index (χ3v) is 3.90. The van der Waals surface area contributed by atoms with Crippen molar-refractivity contribution in [2.45, 2.75) is 27.7 Å². The number of nitrogens with zero attached hydrogens (tertiary/aromatic N) is 1. The van der Waals surface area contributed by atoms with Gasteiger partial charge in [0.15, 0.2) is 6.61 Å². The second-order valence-electron chi connectivity index (χ2n) is 5.28. The summed E-state index contributed by atoms with van der Waals surface area (Å²) < 4.78 is 5.66. The van der Waals surface area contributed by atoms with Crippen molar-refractivity contribution in [3.8, 4) is 5.75 Å². The highest BCUT2D eigenvalue weighted by molar-refractivity contribution is 5.86. The lowest BCUT2D eigenvalue weighted by atomic mass is 10.1. The smallest absolute Gasteiger partial charge is 0.260 e. The van der Waals surface area contributed by atoms with Gasteiger partial charge in [-0.3, -0.25) is 9.59 Å². The molecular weight excluding hydrogens is 280 g/mol. The molecule has 1 aromatic heterocycles. The van der Waals surface area contributed by atoms with Crippen molar-refractivity contribution in [2.24, 2.45) is 0 Å². The van der Waals surface area contributed by atoms with E-state index < -0.39 is 0 Å².